The van der Waals surface area contributed by atoms with Crippen LogP contribution in [0.2, 0.25) is 5.02 Å². The van der Waals surface area contributed by atoms with Gasteiger partial charge in [-0.2, -0.15) is 0 Å². The van der Waals surface area contributed by atoms with Crippen LogP contribution in [0.1, 0.15) is 25.5 Å². The van der Waals surface area contributed by atoms with Gasteiger partial charge in [-0.25, -0.2) is 9.48 Å². The Bertz CT molecular complexity index is 702. The Hall–Kier alpha value is -2.12. The number of carboxylic acid groups (broad SMARTS) is 1. The first kappa shape index (κ1) is 14.8. The summed E-state index contributed by atoms with van der Waals surface area (Å²) in [6, 6.07) is 4.93. The van der Waals surface area contributed by atoms with Gasteiger partial charge in [0.1, 0.15) is 5.72 Å². The highest BCUT2D eigenvalue weighted by Gasteiger charge is 2.44. The lowest BCUT2D eigenvalue weighted by molar-refractivity contribution is -0.0420. The molecule has 0 saturated carbocycles. The molecule has 3 rings (SSSR count). The molecule has 1 fully saturated rings. The van der Waals surface area contributed by atoms with Crippen LogP contribution in [0, 0.1) is 0 Å². The molecule has 0 radical (unpaired) electrons. The van der Waals surface area contributed by atoms with Crippen LogP contribution in [-0.4, -0.2) is 43.4 Å². The highest BCUT2D eigenvalue weighted by molar-refractivity contribution is 6.32. The van der Waals surface area contributed by atoms with Gasteiger partial charge in [0.05, 0.1) is 35.8 Å². The standard InChI is InChI=1S/C14H15ClN4O3/c1-14(2)19(13(20)21)12(8-22-14)9-3-4-10(15)11(7-9)18-6-5-16-17-18/h3-7,12H,8H2,1-2H3,(H,20,21). The molecule has 2 heterocycles. The third-order valence-corrected chi connectivity index (χ3v) is 4.04. The first-order valence-corrected chi connectivity index (χ1v) is 7.10. The molecule has 1 amide bonds. The second-order valence-electron chi connectivity index (χ2n) is 5.48. The fraction of sp³-hybridized carbons (Fsp3) is 0.357. The number of hydrogen-bond acceptors (Lipinski definition) is 4. The smallest absolute Gasteiger partial charge is 0.410 e. The lowest BCUT2D eigenvalue weighted by atomic mass is 10.1. The predicted octanol–water partition coefficient (Wildman–Crippen LogP) is 2.71. The van der Waals surface area contributed by atoms with E-state index in [2.05, 4.69) is 10.3 Å². The molecule has 1 aliphatic rings. The van der Waals surface area contributed by atoms with Crippen LogP contribution in [0.25, 0.3) is 5.69 Å². The van der Waals surface area contributed by atoms with E-state index in [-0.39, 0.29) is 6.61 Å². The Morgan fingerprint density at radius 3 is 2.91 bits per heavy atom. The van der Waals surface area contributed by atoms with Crippen LogP contribution in [0.3, 0.4) is 0 Å². The predicted molar refractivity (Wildman–Crippen MR) is 79.0 cm³/mol. The summed E-state index contributed by atoms with van der Waals surface area (Å²) in [4.78, 5) is 12.9. The van der Waals surface area contributed by atoms with Gasteiger partial charge in [-0.05, 0) is 31.5 Å². The summed E-state index contributed by atoms with van der Waals surface area (Å²) < 4.78 is 7.16. The molecule has 1 unspecified atom stereocenters. The number of rotatable bonds is 2. The van der Waals surface area contributed by atoms with Crippen molar-refractivity contribution in [3.05, 3.63) is 41.2 Å². The summed E-state index contributed by atoms with van der Waals surface area (Å²) in [5.41, 5.74) is 0.568. The molecule has 1 saturated heterocycles. The Kier molecular flexibility index (Phi) is 3.54. The second kappa shape index (κ2) is 5.26. The van der Waals surface area contributed by atoms with E-state index in [9.17, 15) is 9.90 Å². The number of aromatic nitrogens is 3. The number of ether oxygens (including phenoxy) is 1. The Morgan fingerprint density at radius 2 is 2.27 bits per heavy atom. The molecule has 1 aromatic carbocycles. The maximum atomic E-state index is 11.6. The number of amides is 1. The van der Waals surface area contributed by atoms with Crippen LogP contribution < -0.4 is 0 Å². The zero-order valence-electron chi connectivity index (χ0n) is 12.1. The van der Waals surface area contributed by atoms with Gasteiger partial charge in [0, 0.05) is 0 Å². The first-order valence-electron chi connectivity index (χ1n) is 6.72. The summed E-state index contributed by atoms with van der Waals surface area (Å²) in [7, 11) is 0. The maximum absolute atomic E-state index is 11.6. The van der Waals surface area contributed by atoms with Gasteiger partial charge in [-0.15, -0.1) is 5.10 Å². The Labute approximate surface area is 132 Å². The molecule has 7 nitrogen and oxygen atoms in total. The molecule has 0 aliphatic carbocycles. The highest BCUT2D eigenvalue weighted by Crippen LogP contribution is 2.38. The minimum Gasteiger partial charge on any atom is -0.465 e. The monoisotopic (exact) mass is 322 g/mol. The Balaban J connectivity index is 2.02. The molecule has 0 bridgehead atoms. The van der Waals surface area contributed by atoms with Crippen LogP contribution in [0.4, 0.5) is 4.79 Å². The summed E-state index contributed by atoms with van der Waals surface area (Å²) in [5, 5.41) is 17.7. The van der Waals surface area contributed by atoms with Gasteiger partial charge in [0.2, 0.25) is 0 Å². The van der Waals surface area contributed by atoms with Crippen molar-refractivity contribution in [2.75, 3.05) is 6.61 Å². The fourth-order valence-electron chi connectivity index (χ4n) is 2.66. The van der Waals surface area contributed by atoms with E-state index in [4.69, 9.17) is 16.3 Å². The largest absolute Gasteiger partial charge is 0.465 e. The van der Waals surface area contributed by atoms with Crippen LogP contribution in [0.15, 0.2) is 30.6 Å². The summed E-state index contributed by atoms with van der Waals surface area (Å²) >= 11 is 6.20. The molecule has 116 valence electrons. The lowest BCUT2D eigenvalue weighted by Crippen LogP contribution is -2.44. The van der Waals surface area contributed by atoms with Gasteiger partial charge in [0.25, 0.3) is 0 Å². The first-order chi connectivity index (χ1) is 10.4. The molecule has 2 aromatic rings. The summed E-state index contributed by atoms with van der Waals surface area (Å²) in [5.74, 6) is 0. The SMILES string of the molecule is CC1(C)OCC(c2ccc(Cl)c(-n3ccnn3)c2)N1C(=O)O. The zero-order valence-corrected chi connectivity index (χ0v) is 12.9. The van der Waals surface area contributed by atoms with E-state index in [0.29, 0.717) is 10.7 Å². The van der Waals surface area contributed by atoms with Crippen molar-refractivity contribution in [1.29, 1.82) is 0 Å². The van der Waals surface area contributed by atoms with E-state index in [0.717, 1.165) is 5.56 Å². The molecular formula is C14H15ClN4O3. The molecule has 8 heteroatoms. The van der Waals surface area contributed by atoms with Gasteiger partial charge >= 0.3 is 6.09 Å². The average molecular weight is 323 g/mol. The van der Waals surface area contributed by atoms with Crippen molar-refractivity contribution in [3.8, 4) is 5.69 Å². The molecule has 22 heavy (non-hydrogen) atoms. The van der Waals surface area contributed by atoms with E-state index < -0.39 is 17.9 Å². The lowest BCUT2D eigenvalue weighted by Gasteiger charge is -2.31. The highest BCUT2D eigenvalue weighted by atomic mass is 35.5. The molecule has 1 N–H and O–H groups in total. The molecule has 1 aliphatic heterocycles. The molecule has 1 aromatic heterocycles. The number of nitrogens with zero attached hydrogens (tertiary/aromatic N) is 4. The minimum atomic E-state index is -1.02. The van der Waals surface area contributed by atoms with Crippen LogP contribution >= 0.6 is 11.6 Å². The van der Waals surface area contributed by atoms with Crippen molar-refractivity contribution in [2.45, 2.75) is 25.6 Å². The van der Waals surface area contributed by atoms with Crippen LogP contribution in [0.5, 0.6) is 0 Å². The van der Waals surface area contributed by atoms with E-state index >= 15 is 0 Å². The minimum absolute atomic E-state index is 0.289. The van der Waals surface area contributed by atoms with Crippen molar-refractivity contribution in [2.24, 2.45) is 0 Å². The second-order valence-corrected chi connectivity index (χ2v) is 5.89. The summed E-state index contributed by atoms with van der Waals surface area (Å²) in [6.07, 6.45) is 2.20. The van der Waals surface area contributed by atoms with Crippen molar-refractivity contribution in [1.82, 2.24) is 19.9 Å². The van der Waals surface area contributed by atoms with E-state index in [1.807, 2.05) is 6.07 Å². The maximum Gasteiger partial charge on any atom is 0.410 e. The average Bonchev–Trinajstić information content (AvgIpc) is 3.06. The quantitative estimate of drug-likeness (QED) is 0.919. The molecular weight excluding hydrogens is 308 g/mol. The number of benzene rings is 1. The molecule has 1 atom stereocenters. The normalized spacial score (nSPS) is 20.3. The fourth-order valence-corrected chi connectivity index (χ4v) is 2.86. The zero-order chi connectivity index (χ0) is 15.9. The number of halogens is 1. The van der Waals surface area contributed by atoms with Gasteiger partial charge in [-0.1, -0.05) is 22.9 Å². The van der Waals surface area contributed by atoms with Gasteiger partial charge in [0.15, 0.2) is 0 Å². The number of hydrogen-bond donors (Lipinski definition) is 1. The van der Waals surface area contributed by atoms with Gasteiger partial charge < -0.3 is 9.84 Å². The Morgan fingerprint density at radius 1 is 1.50 bits per heavy atom. The van der Waals surface area contributed by atoms with Crippen LogP contribution in [-0.2, 0) is 4.74 Å². The third kappa shape index (κ3) is 2.42. The summed E-state index contributed by atoms with van der Waals surface area (Å²) in [6.45, 7) is 3.75. The van der Waals surface area contributed by atoms with E-state index in [1.54, 1.807) is 38.4 Å². The topological polar surface area (TPSA) is 80.5 Å². The van der Waals surface area contributed by atoms with Gasteiger partial charge in [-0.3, -0.25) is 4.90 Å². The van der Waals surface area contributed by atoms with Crippen molar-refractivity contribution < 1.29 is 14.6 Å². The third-order valence-electron chi connectivity index (χ3n) is 3.72. The molecule has 0 spiro atoms. The van der Waals surface area contributed by atoms with Crippen molar-refractivity contribution >= 4 is 17.7 Å². The van der Waals surface area contributed by atoms with Crippen molar-refractivity contribution in [3.63, 3.8) is 0 Å². The van der Waals surface area contributed by atoms with E-state index in [1.165, 1.54) is 9.58 Å². The number of carbonyl (C=O) groups is 1.